The van der Waals surface area contributed by atoms with Gasteiger partial charge in [0.2, 0.25) is 0 Å². The maximum Gasteiger partial charge on any atom is 0.123 e. The molecule has 0 bridgehead atoms. The van der Waals surface area contributed by atoms with E-state index in [9.17, 15) is 4.39 Å². The maximum absolute atomic E-state index is 13.3. The molecular weight excluding hydrogens is 281 g/mol. The highest BCUT2D eigenvalue weighted by Crippen LogP contribution is 2.31. The molecular formula is C18H18FNS. The summed E-state index contributed by atoms with van der Waals surface area (Å²) in [6.45, 7) is 4.21. The van der Waals surface area contributed by atoms with E-state index in [1.807, 2.05) is 12.1 Å². The number of aryl methyl sites for hydroxylation is 2. The van der Waals surface area contributed by atoms with E-state index in [2.05, 4.69) is 32.0 Å². The van der Waals surface area contributed by atoms with Gasteiger partial charge in [-0.15, -0.1) is 11.3 Å². The van der Waals surface area contributed by atoms with E-state index < -0.39 is 0 Å². The van der Waals surface area contributed by atoms with Gasteiger partial charge in [0.05, 0.1) is 0 Å². The third-order valence-electron chi connectivity index (χ3n) is 3.81. The largest absolute Gasteiger partial charge is 0.323 e. The molecule has 0 radical (unpaired) electrons. The van der Waals surface area contributed by atoms with E-state index in [1.165, 1.54) is 22.8 Å². The molecule has 3 rings (SSSR count). The molecule has 1 heterocycles. The normalized spacial score (nSPS) is 12.8. The number of fused-ring (bicyclic) bond motifs is 1. The SMILES string of the molecule is Cc1ccc(C)c(CC(N)c2cc3cc(F)ccc3s2)c1. The first-order valence-electron chi connectivity index (χ1n) is 7.03. The van der Waals surface area contributed by atoms with Crippen LogP contribution in [0.5, 0.6) is 0 Å². The Labute approximate surface area is 128 Å². The van der Waals surface area contributed by atoms with Gasteiger partial charge in [-0.25, -0.2) is 4.39 Å². The molecule has 1 nitrogen and oxygen atoms in total. The number of thiophene rings is 1. The number of rotatable bonds is 3. The quantitative estimate of drug-likeness (QED) is 0.731. The van der Waals surface area contributed by atoms with Crippen LogP contribution >= 0.6 is 11.3 Å². The van der Waals surface area contributed by atoms with E-state index >= 15 is 0 Å². The van der Waals surface area contributed by atoms with Crippen LogP contribution in [-0.4, -0.2) is 0 Å². The van der Waals surface area contributed by atoms with Crippen LogP contribution in [0.3, 0.4) is 0 Å². The molecule has 1 atom stereocenters. The van der Waals surface area contributed by atoms with Crippen molar-refractivity contribution in [3.8, 4) is 0 Å². The van der Waals surface area contributed by atoms with Crippen LogP contribution in [0, 0.1) is 19.7 Å². The van der Waals surface area contributed by atoms with E-state index in [0.717, 1.165) is 21.4 Å². The summed E-state index contributed by atoms with van der Waals surface area (Å²) >= 11 is 1.65. The molecule has 2 N–H and O–H groups in total. The Balaban J connectivity index is 1.89. The zero-order valence-corrected chi connectivity index (χ0v) is 13.0. The smallest absolute Gasteiger partial charge is 0.123 e. The lowest BCUT2D eigenvalue weighted by Gasteiger charge is -2.12. The molecule has 108 valence electrons. The molecule has 1 aromatic heterocycles. The summed E-state index contributed by atoms with van der Waals surface area (Å²) in [4.78, 5) is 1.11. The van der Waals surface area contributed by atoms with Gasteiger partial charge in [0, 0.05) is 15.6 Å². The van der Waals surface area contributed by atoms with Gasteiger partial charge in [0.25, 0.3) is 0 Å². The van der Waals surface area contributed by atoms with Crippen molar-refractivity contribution in [2.24, 2.45) is 5.73 Å². The molecule has 2 aromatic carbocycles. The van der Waals surface area contributed by atoms with Crippen molar-refractivity contribution >= 4 is 21.4 Å². The zero-order valence-electron chi connectivity index (χ0n) is 12.2. The summed E-state index contributed by atoms with van der Waals surface area (Å²) in [5.74, 6) is -0.199. The van der Waals surface area contributed by atoms with Gasteiger partial charge >= 0.3 is 0 Å². The van der Waals surface area contributed by atoms with E-state index in [4.69, 9.17) is 5.73 Å². The molecule has 3 heteroatoms. The minimum Gasteiger partial charge on any atom is -0.323 e. The fourth-order valence-electron chi connectivity index (χ4n) is 2.58. The predicted molar refractivity (Wildman–Crippen MR) is 88.3 cm³/mol. The predicted octanol–water partition coefficient (Wildman–Crippen LogP) is 4.90. The van der Waals surface area contributed by atoms with Crippen molar-refractivity contribution in [3.63, 3.8) is 0 Å². The van der Waals surface area contributed by atoms with Crippen LogP contribution in [0.4, 0.5) is 4.39 Å². The minimum atomic E-state index is -0.199. The van der Waals surface area contributed by atoms with Crippen LogP contribution in [0.2, 0.25) is 0 Å². The zero-order chi connectivity index (χ0) is 15.0. The lowest BCUT2D eigenvalue weighted by atomic mass is 9.98. The van der Waals surface area contributed by atoms with Gasteiger partial charge in [0.15, 0.2) is 0 Å². The topological polar surface area (TPSA) is 26.0 Å². The Morgan fingerprint density at radius 1 is 1.10 bits per heavy atom. The summed E-state index contributed by atoms with van der Waals surface area (Å²) in [5, 5.41) is 0.936. The fraction of sp³-hybridized carbons (Fsp3) is 0.222. The highest BCUT2D eigenvalue weighted by atomic mass is 32.1. The van der Waals surface area contributed by atoms with Gasteiger partial charge < -0.3 is 5.73 Å². The van der Waals surface area contributed by atoms with E-state index in [-0.39, 0.29) is 11.9 Å². The molecule has 0 spiro atoms. The summed E-state index contributed by atoms with van der Waals surface area (Å²) in [6, 6.07) is 13.3. The van der Waals surface area contributed by atoms with Crippen molar-refractivity contribution in [2.45, 2.75) is 26.3 Å². The number of halogens is 1. The van der Waals surface area contributed by atoms with Gasteiger partial charge in [-0.1, -0.05) is 23.8 Å². The molecule has 0 amide bonds. The molecule has 0 aliphatic carbocycles. The van der Waals surface area contributed by atoms with E-state index in [0.29, 0.717) is 0 Å². The van der Waals surface area contributed by atoms with Crippen molar-refractivity contribution < 1.29 is 4.39 Å². The van der Waals surface area contributed by atoms with Gasteiger partial charge in [0.1, 0.15) is 5.82 Å². The van der Waals surface area contributed by atoms with Crippen LogP contribution in [0.25, 0.3) is 10.1 Å². The second-order valence-electron chi connectivity index (χ2n) is 5.57. The standard InChI is InChI=1S/C18H18FNS/c1-11-3-4-12(2)13(7-11)9-16(20)18-10-14-8-15(19)5-6-17(14)21-18/h3-8,10,16H,9,20H2,1-2H3. The maximum atomic E-state index is 13.3. The van der Waals surface area contributed by atoms with Crippen LogP contribution in [0.15, 0.2) is 42.5 Å². The van der Waals surface area contributed by atoms with Crippen molar-refractivity contribution in [1.82, 2.24) is 0 Å². The van der Waals surface area contributed by atoms with Gasteiger partial charge in [-0.2, -0.15) is 0 Å². The number of nitrogens with two attached hydrogens (primary N) is 1. The Hall–Kier alpha value is -1.71. The highest BCUT2D eigenvalue weighted by Gasteiger charge is 2.12. The first kappa shape index (κ1) is 14.2. The molecule has 1 unspecified atom stereocenters. The second-order valence-corrected chi connectivity index (χ2v) is 6.69. The molecule has 21 heavy (non-hydrogen) atoms. The minimum absolute atomic E-state index is 0.0500. The average Bonchev–Trinajstić information content (AvgIpc) is 2.86. The summed E-state index contributed by atoms with van der Waals surface area (Å²) < 4.78 is 14.4. The monoisotopic (exact) mass is 299 g/mol. The molecule has 0 saturated heterocycles. The molecule has 0 saturated carbocycles. The third-order valence-corrected chi connectivity index (χ3v) is 5.06. The number of hydrogen-bond acceptors (Lipinski definition) is 2. The Kier molecular flexibility index (Phi) is 3.79. The van der Waals surface area contributed by atoms with Gasteiger partial charge in [-0.05, 0) is 61.0 Å². The Morgan fingerprint density at radius 2 is 1.90 bits per heavy atom. The number of hydrogen-bond donors (Lipinski definition) is 1. The van der Waals surface area contributed by atoms with Crippen LogP contribution < -0.4 is 5.73 Å². The van der Waals surface area contributed by atoms with Gasteiger partial charge in [-0.3, -0.25) is 0 Å². The summed E-state index contributed by atoms with van der Waals surface area (Å²) in [5.41, 5.74) is 10.2. The Bertz CT molecular complexity index is 791. The first-order chi connectivity index (χ1) is 10.0. The van der Waals surface area contributed by atoms with Crippen molar-refractivity contribution in [2.75, 3.05) is 0 Å². The molecule has 0 aliphatic rings. The van der Waals surface area contributed by atoms with E-state index in [1.54, 1.807) is 17.4 Å². The Morgan fingerprint density at radius 3 is 2.71 bits per heavy atom. The first-order valence-corrected chi connectivity index (χ1v) is 7.85. The van der Waals surface area contributed by atoms with Crippen LogP contribution in [-0.2, 0) is 6.42 Å². The lowest BCUT2D eigenvalue weighted by molar-refractivity contribution is 0.630. The molecule has 0 fully saturated rings. The third kappa shape index (κ3) is 2.99. The second kappa shape index (κ2) is 5.58. The average molecular weight is 299 g/mol. The van der Waals surface area contributed by atoms with Crippen molar-refractivity contribution in [3.05, 3.63) is 69.8 Å². The highest BCUT2D eigenvalue weighted by molar-refractivity contribution is 7.19. The summed E-state index contributed by atoms with van der Waals surface area (Å²) in [7, 11) is 0. The fourth-order valence-corrected chi connectivity index (χ4v) is 3.62. The molecule has 0 aliphatic heterocycles. The summed E-state index contributed by atoms with van der Waals surface area (Å²) in [6.07, 6.45) is 0.808. The van der Waals surface area contributed by atoms with Crippen LogP contribution in [0.1, 0.15) is 27.6 Å². The molecule has 3 aromatic rings. The number of benzene rings is 2. The lowest BCUT2D eigenvalue weighted by Crippen LogP contribution is -2.12. The van der Waals surface area contributed by atoms with Crippen molar-refractivity contribution in [1.29, 1.82) is 0 Å².